The third kappa shape index (κ3) is 5.04. The minimum absolute atomic E-state index is 0.223. The first-order chi connectivity index (χ1) is 10.3. The van der Waals surface area contributed by atoms with Gasteiger partial charge in [0, 0.05) is 36.3 Å². The van der Waals surface area contributed by atoms with Crippen LogP contribution in [-0.2, 0) is 4.57 Å². The molecule has 0 aromatic heterocycles. The number of hydrogen-bond donors (Lipinski definition) is 0. The highest BCUT2D eigenvalue weighted by Gasteiger charge is 2.49. The van der Waals surface area contributed by atoms with Gasteiger partial charge in [-0.1, -0.05) is 0 Å². The predicted octanol–water partition coefficient (Wildman–Crippen LogP) is 5.45. The Hall–Kier alpha value is 0.110. The van der Waals surface area contributed by atoms with E-state index >= 15 is 0 Å². The van der Waals surface area contributed by atoms with Crippen LogP contribution in [0.1, 0.15) is 83.1 Å². The van der Waals surface area contributed by atoms with Crippen molar-refractivity contribution in [1.29, 1.82) is 0 Å². The summed E-state index contributed by atoms with van der Waals surface area (Å²) in [5, 5.41) is 0. The average Bonchev–Trinajstić information content (AvgIpc) is 2.23. The van der Waals surface area contributed by atoms with E-state index in [1.54, 1.807) is 0 Å². The molecule has 0 aliphatic rings. The molecule has 0 aromatic rings. The van der Waals surface area contributed by atoms with Crippen LogP contribution in [0.4, 0.5) is 0 Å². The molecule has 5 heteroatoms. The topological polar surface area (TPSA) is 26.8 Å². The maximum absolute atomic E-state index is 14.7. The zero-order chi connectivity index (χ0) is 18.7. The fourth-order valence-electron chi connectivity index (χ4n) is 3.95. The SMILES string of the molecule is CC(C)N(C(C)C)P(=O)(N(C(C)C)C(C)C)N(C(C)C)C(C)C. The summed E-state index contributed by atoms with van der Waals surface area (Å²) in [7, 11) is -2.89. The molecule has 0 fully saturated rings. The van der Waals surface area contributed by atoms with Crippen LogP contribution in [0.25, 0.3) is 0 Å². The maximum Gasteiger partial charge on any atom is 0.288 e. The molecule has 0 rings (SSSR count). The Bertz CT molecular complexity index is 311. The van der Waals surface area contributed by atoms with Crippen molar-refractivity contribution in [3.05, 3.63) is 0 Å². The molecule has 0 unspecified atom stereocenters. The molecule has 0 aliphatic carbocycles. The summed E-state index contributed by atoms with van der Waals surface area (Å²) in [5.41, 5.74) is 0. The summed E-state index contributed by atoms with van der Waals surface area (Å²) in [4.78, 5) is 0. The van der Waals surface area contributed by atoms with Crippen molar-refractivity contribution in [2.45, 2.75) is 119 Å². The van der Waals surface area contributed by atoms with Gasteiger partial charge in [-0.25, -0.2) is 14.0 Å². The van der Waals surface area contributed by atoms with Crippen LogP contribution in [0, 0.1) is 0 Å². The smallest absolute Gasteiger partial charge is 0.270 e. The highest BCUT2D eigenvalue weighted by Crippen LogP contribution is 2.61. The summed E-state index contributed by atoms with van der Waals surface area (Å²) < 4.78 is 21.5. The van der Waals surface area contributed by atoms with Crippen LogP contribution in [-0.4, -0.2) is 50.3 Å². The van der Waals surface area contributed by atoms with E-state index < -0.39 is 7.59 Å². The fraction of sp³-hybridized carbons (Fsp3) is 1.00. The Balaban J connectivity index is 6.52. The lowest BCUT2D eigenvalue weighted by atomic mass is 10.3. The first-order valence-electron chi connectivity index (χ1n) is 9.26. The second kappa shape index (κ2) is 8.99. The van der Waals surface area contributed by atoms with Crippen LogP contribution >= 0.6 is 7.59 Å². The molecule has 140 valence electrons. The van der Waals surface area contributed by atoms with Gasteiger partial charge in [0.25, 0.3) is 7.59 Å². The van der Waals surface area contributed by atoms with Crippen molar-refractivity contribution in [3.63, 3.8) is 0 Å². The van der Waals surface area contributed by atoms with Gasteiger partial charge in [-0.2, -0.15) is 0 Å². The first kappa shape index (κ1) is 23.1. The molecule has 0 radical (unpaired) electrons. The van der Waals surface area contributed by atoms with Crippen LogP contribution < -0.4 is 0 Å². The van der Waals surface area contributed by atoms with E-state index in [9.17, 15) is 4.57 Å². The average molecular weight is 348 g/mol. The molecule has 0 heterocycles. The molecule has 0 saturated carbocycles. The minimum Gasteiger partial charge on any atom is -0.270 e. The molecule has 0 N–H and O–H groups in total. The Kier molecular flexibility index (Phi) is 9.03. The number of rotatable bonds is 9. The monoisotopic (exact) mass is 347 g/mol. The Morgan fingerprint density at radius 1 is 0.435 bits per heavy atom. The van der Waals surface area contributed by atoms with Gasteiger partial charge in [-0.3, -0.25) is 4.57 Å². The summed E-state index contributed by atoms with van der Waals surface area (Å²) in [6, 6.07) is 1.34. The second-order valence-corrected chi connectivity index (χ2v) is 10.6. The molecule has 0 aromatic carbocycles. The molecular formula is C18H42N3OP. The van der Waals surface area contributed by atoms with Crippen molar-refractivity contribution in [2.24, 2.45) is 0 Å². The summed E-state index contributed by atoms with van der Waals surface area (Å²) in [6.07, 6.45) is 0. The highest BCUT2D eigenvalue weighted by molar-refractivity contribution is 7.56. The van der Waals surface area contributed by atoms with E-state index in [0.29, 0.717) is 0 Å². The van der Waals surface area contributed by atoms with E-state index in [0.717, 1.165) is 0 Å². The summed E-state index contributed by atoms with van der Waals surface area (Å²) >= 11 is 0. The van der Waals surface area contributed by atoms with E-state index in [-0.39, 0.29) is 36.3 Å². The van der Waals surface area contributed by atoms with Crippen molar-refractivity contribution < 1.29 is 4.57 Å². The van der Waals surface area contributed by atoms with Gasteiger partial charge in [0.15, 0.2) is 0 Å². The molecule has 0 bridgehead atoms. The van der Waals surface area contributed by atoms with Gasteiger partial charge in [-0.05, 0) is 83.1 Å². The fourth-order valence-corrected chi connectivity index (χ4v) is 8.28. The van der Waals surface area contributed by atoms with Crippen LogP contribution in [0.15, 0.2) is 0 Å². The summed E-state index contributed by atoms with van der Waals surface area (Å²) in [6.45, 7) is 25.9. The highest BCUT2D eigenvalue weighted by atomic mass is 31.2. The number of nitrogens with zero attached hydrogens (tertiary/aromatic N) is 3. The molecule has 0 amide bonds. The van der Waals surface area contributed by atoms with Crippen molar-refractivity contribution in [3.8, 4) is 0 Å². The molecule has 0 saturated heterocycles. The third-order valence-electron chi connectivity index (χ3n) is 4.08. The zero-order valence-electron chi connectivity index (χ0n) is 17.7. The Morgan fingerprint density at radius 2 is 0.565 bits per heavy atom. The van der Waals surface area contributed by atoms with Gasteiger partial charge >= 0.3 is 0 Å². The normalized spacial score (nSPS) is 14.3. The zero-order valence-corrected chi connectivity index (χ0v) is 18.6. The van der Waals surface area contributed by atoms with Crippen LogP contribution in [0.2, 0.25) is 0 Å². The Morgan fingerprint density at radius 3 is 0.652 bits per heavy atom. The van der Waals surface area contributed by atoms with Gasteiger partial charge in [0.2, 0.25) is 0 Å². The second-order valence-electron chi connectivity index (χ2n) is 8.22. The number of hydrogen-bond acceptors (Lipinski definition) is 1. The molecule has 0 aliphatic heterocycles. The minimum atomic E-state index is -2.89. The van der Waals surface area contributed by atoms with Gasteiger partial charge < -0.3 is 0 Å². The largest absolute Gasteiger partial charge is 0.288 e. The van der Waals surface area contributed by atoms with Crippen molar-refractivity contribution in [1.82, 2.24) is 14.0 Å². The maximum atomic E-state index is 14.7. The standard InChI is InChI=1S/C18H42N3OP/c1-13(2)19(14(3)4)23(22,20(15(5)6)16(7)8)21(17(9)10)18(11)12/h13-18H,1-12H3. The molecular weight excluding hydrogens is 305 g/mol. The van der Waals surface area contributed by atoms with Gasteiger partial charge in [0.05, 0.1) is 0 Å². The lowest BCUT2D eigenvalue weighted by Gasteiger charge is -2.53. The third-order valence-corrected chi connectivity index (χ3v) is 8.65. The first-order valence-corrected chi connectivity index (χ1v) is 10.8. The van der Waals surface area contributed by atoms with E-state index in [4.69, 9.17) is 0 Å². The van der Waals surface area contributed by atoms with Crippen molar-refractivity contribution >= 4 is 7.59 Å². The van der Waals surface area contributed by atoms with E-state index in [1.165, 1.54) is 0 Å². The van der Waals surface area contributed by atoms with E-state index in [1.807, 2.05) is 0 Å². The lowest BCUT2D eigenvalue weighted by Crippen LogP contribution is -2.53. The molecule has 0 spiro atoms. The quantitative estimate of drug-likeness (QED) is 0.518. The van der Waals surface area contributed by atoms with Crippen LogP contribution in [0.5, 0.6) is 0 Å². The lowest BCUT2D eigenvalue weighted by molar-refractivity contribution is 0.161. The molecule has 4 nitrogen and oxygen atoms in total. The Labute approximate surface area is 146 Å². The summed E-state index contributed by atoms with van der Waals surface area (Å²) in [5.74, 6) is 0. The van der Waals surface area contributed by atoms with Gasteiger partial charge in [-0.15, -0.1) is 0 Å². The predicted molar refractivity (Wildman–Crippen MR) is 104 cm³/mol. The van der Waals surface area contributed by atoms with Crippen LogP contribution in [0.3, 0.4) is 0 Å². The molecule has 23 heavy (non-hydrogen) atoms. The van der Waals surface area contributed by atoms with Gasteiger partial charge in [0.1, 0.15) is 0 Å². The van der Waals surface area contributed by atoms with Crippen molar-refractivity contribution in [2.75, 3.05) is 0 Å². The molecule has 0 atom stereocenters. The van der Waals surface area contributed by atoms with E-state index in [2.05, 4.69) is 97.1 Å².